The average molecular weight is 247 g/mol. The van der Waals surface area contributed by atoms with Gasteiger partial charge in [0.15, 0.2) is 0 Å². The third-order valence-electron chi connectivity index (χ3n) is 3.37. The number of nitrogens with one attached hydrogen (secondary N) is 1. The Hall–Kier alpha value is -1.35. The molecule has 0 heterocycles. The number of carbonyl (C=O) groups excluding carboxylic acids is 1. The number of aryl methyl sites for hydroxylation is 2. The third kappa shape index (κ3) is 3.10. The van der Waals surface area contributed by atoms with Crippen molar-refractivity contribution in [2.75, 3.05) is 6.61 Å². The van der Waals surface area contributed by atoms with Crippen molar-refractivity contribution < 1.29 is 9.53 Å². The molecule has 1 fully saturated rings. The summed E-state index contributed by atoms with van der Waals surface area (Å²) >= 11 is 0. The first-order valence-electron chi connectivity index (χ1n) is 6.61. The highest BCUT2D eigenvalue weighted by Crippen LogP contribution is 2.26. The normalized spacial score (nSPS) is 16.4. The van der Waals surface area contributed by atoms with E-state index in [-0.39, 0.29) is 12.0 Å². The number of rotatable bonds is 5. The van der Waals surface area contributed by atoms with Crippen molar-refractivity contribution in [1.29, 1.82) is 0 Å². The summed E-state index contributed by atoms with van der Waals surface area (Å²) in [6.45, 7) is 6.41. The summed E-state index contributed by atoms with van der Waals surface area (Å²) in [5, 5.41) is 3.36. The lowest BCUT2D eigenvalue weighted by molar-refractivity contribution is -0.145. The molecule has 1 aromatic carbocycles. The van der Waals surface area contributed by atoms with E-state index in [2.05, 4.69) is 31.3 Å². The quantitative estimate of drug-likeness (QED) is 0.813. The monoisotopic (exact) mass is 247 g/mol. The van der Waals surface area contributed by atoms with Crippen LogP contribution >= 0.6 is 0 Å². The Bertz CT molecular complexity index is 438. The Kier molecular flexibility index (Phi) is 4.02. The second-order valence-corrected chi connectivity index (χ2v) is 4.97. The van der Waals surface area contributed by atoms with Crippen LogP contribution in [0.15, 0.2) is 18.2 Å². The van der Waals surface area contributed by atoms with E-state index in [1.165, 1.54) is 11.1 Å². The van der Waals surface area contributed by atoms with Crippen LogP contribution in [0.2, 0.25) is 0 Å². The van der Waals surface area contributed by atoms with Crippen LogP contribution in [0.5, 0.6) is 0 Å². The van der Waals surface area contributed by atoms with Gasteiger partial charge in [0.1, 0.15) is 6.04 Å². The molecule has 0 aromatic heterocycles. The summed E-state index contributed by atoms with van der Waals surface area (Å²) in [6.07, 6.45) is 2.31. The Labute approximate surface area is 109 Å². The van der Waals surface area contributed by atoms with Crippen LogP contribution in [0, 0.1) is 13.8 Å². The average Bonchev–Trinajstić information content (AvgIpc) is 3.14. The minimum atomic E-state index is -0.322. The molecule has 1 saturated carbocycles. The summed E-state index contributed by atoms with van der Waals surface area (Å²) in [7, 11) is 0. The minimum absolute atomic E-state index is 0.173. The zero-order valence-corrected chi connectivity index (χ0v) is 11.3. The van der Waals surface area contributed by atoms with Gasteiger partial charge >= 0.3 is 5.97 Å². The number of hydrogen-bond acceptors (Lipinski definition) is 3. The van der Waals surface area contributed by atoms with E-state index in [9.17, 15) is 4.79 Å². The molecule has 0 bridgehead atoms. The summed E-state index contributed by atoms with van der Waals surface area (Å²) in [5.74, 6) is -0.173. The zero-order chi connectivity index (χ0) is 13.1. The number of benzene rings is 1. The second-order valence-electron chi connectivity index (χ2n) is 4.97. The van der Waals surface area contributed by atoms with Crippen LogP contribution in [0.4, 0.5) is 0 Å². The first kappa shape index (κ1) is 13.1. The number of ether oxygens (including phenoxy) is 1. The lowest BCUT2D eigenvalue weighted by Crippen LogP contribution is -2.31. The molecule has 0 radical (unpaired) electrons. The zero-order valence-electron chi connectivity index (χ0n) is 11.3. The lowest BCUT2D eigenvalue weighted by Gasteiger charge is -2.18. The molecule has 18 heavy (non-hydrogen) atoms. The molecule has 0 aliphatic heterocycles. The van der Waals surface area contributed by atoms with Crippen molar-refractivity contribution in [3.63, 3.8) is 0 Å². The molecule has 98 valence electrons. The van der Waals surface area contributed by atoms with Gasteiger partial charge in [-0.1, -0.05) is 18.2 Å². The third-order valence-corrected chi connectivity index (χ3v) is 3.37. The Morgan fingerprint density at radius 2 is 2.11 bits per heavy atom. The highest BCUT2D eigenvalue weighted by Gasteiger charge is 2.30. The van der Waals surface area contributed by atoms with E-state index >= 15 is 0 Å². The van der Waals surface area contributed by atoms with E-state index in [4.69, 9.17) is 4.74 Å². The maximum atomic E-state index is 12.0. The van der Waals surface area contributed by atoms with Crippen molar-refractivity contribution in [2.45, 2.75) is 45.7 Å². The summed E-state index contributed by atoms with van der Waals surface area (Å²) in [4.78, 5) is 12.0. The van der Waals surface area contributed by atoms with Crippen LogP contribution in [0.1, 0.15) is 42.5 Å². The molecule has 0 spiro atoms. The van der Waals surface area contributed by atoms with E-state index in [0.29, 0.717) is 12.6 Å². The van der Waals surface area contributed by atoms with Gasteiger partial charge in [0.2, 0.25) is 0 Å². The molecule has 1 aromatic rings. The molecule has 1 unspecified atom stereocenters. The van der Waals surface area contributed by atoms with Gasteiger partial charge in [-0.3, -0.25) is 5.32 Å². The van der Waals surface area contributed by atoms with Crippen LogP contribution in [-0.4, -0.2) is 18.6 Å². The number of carbonyl (C=O) groups is 1. The van der Waals surface area contributed by atoms with E-state index < -0.39 is 0 Å². The van der Waals surface area contributed by atoms with Crippen molar-refractivity contribution in [3.05, 3.63) is 34.9 Å². The molecule has 0 amide bonds. The Balaban J connectivity index is 2.20. The fourth-order valence-corrected chi connectivity index (χ4v) is 1.96. The molecular formula is C15H21NO2. The highest BCUT2D eigenvalue weighted by atomic mass is 16.5. The van der Waals surface area contributed by atoms with Crippen molar-refractivity contribution in [1.82, 2.24) is 5.32 Å². The van der Waals surface area contributed by atoms with Gasteiger partial charge in [0, 0.05) is 6.04 Å². The fourth-order valence-electron chi connectivity index (χ4n) is 1.96. The van der Waals surface area contributed by atoms with E-state index in [0.717, 1.165) is 18.4 Å². The molecule has 1 aliphatic rings. The molecule has 2 rings (SSSR count). The predicted octanol–water partition coefficient (Wildman–Crippen LogP) is 2.66. The molecule has 1 aliphatic carbocycles. The SMILES string of the molecule is CCOC(=O)C(NC1CC1)c1ccc(C)c(C)c1. The second kappa shape index (κ2) is 5.53. The summed E-state index contributed by atoms with van der Waals surface area (Å²) in [6, 6.07) is 6.30. The summed E-state index contributed by atoms with van der Waals surface area (Å²) in [5.41, 5.74) is 3.45. The Morgan fingerprint density at radius 3 is 2.67 bits per heavy atom. The van der Waals surface area contributed by atoms with E-state index in [1.807, 2.05) is 13.0 Å². The van der Waals surface area contributed by atoms with Crippen LogP contribution in [0.3, 0.4) is 0 Å². The largest absolute Gasteiger partial charge is 0.465 e. The standard InChI is InChI=1S/C15H21NO2/c1-4-18-15(17)14(16-13-7-8-13)12-6-5-10(2)11(3)9-12/h5-6,9,13-14,16H,4,7-8H2,1-3H3. The van der Waals surface area contributed by atoms with Crippen molar-refractivity contribution in [2.24, 2.45) is 0 Å². The van der Waals surface area contributed by atoms with Crippen LogP contribution < -0.4 is 5.32 Å². The molecular weight excluding hydrogens is 226 g/mol. The van der Waals surface area contributed by atoms with Crippen LogP contribution in [0.25, 0.3) is 0 Å². The van der Waals surface area contributed by atoms with Gasteiger partial charge < -0.3 is 4.74 Å². The maximum absolute atomic E-state index is 12.0. The molecule has 3 heteroatoms. The van der Waals surface area contributed by atoms with Gasteiger partial charge in [0.05, 0.1) is 6.61 Å². The number of esters is 1. The lowest BCUT2D eigenvalue weighted by atomic mass is 10.0. The predicted molar refractivity (Wildman–Crippen MR) is 71.4 cm³/mol. The molecule has 0 saturated heterocycles. The molecule has 1 atom stereocenters. The summed E-state index contributed by atoms with van der Waals surface area (Å²) < 4.78 is 5.16. The topological polar surface area (TPSA) is 38.3 Å². The van der Waals surface area contributed by atoms with E-state index in [1.54, 1.807) is 0 Å². The minimum Gasteiger partial charge on any atom is -0.465 e. The highest BCUT2D eigenvalue weighted by molar-refractivity contribution is 5.78. The smallest absolute Gasteiger partial charge is 0.327 e. The van der Waals surface area contributed by atoms with Crippen molar-refractivity contribution >= 4 is 5.97 Å². The van der Waals surface area contributed by atoms with Gasteiger partial charge in [-0.25, -0.2) is 4.79 Å². The first-order valence-corrected chi connectivity index (χ1v) is 6.61. The van der Waals surface area contributed by atoms with Gasteiger partial charge in [-0.05, 0) is 50.3 Å². The van der Waals surface area contributed by atoms with Gasteiger partial charge in [0.25, 0.3) is 0 Å². The molecule has 3 nitrogen and oxygen atoms in total. The Morgan fingerprint density at radius 1 is 1.39 bits per heavy atom. The first-order chi connectivity index (χ1) is 8.61. The van der Waals surface area contributed by atoms with Crippen molar-refractivity contribution in [3.8, 4) is 0 Å². The fraction of sp³-hybridized carbons (Fsp3) is 0.533. The molecule has 1 N–H and O–H groups in total. The number of hydrogen-bond donors (Lipinski definition) is 1. The maximum Gasteiger partial charge on any atom is 0.327 e. The van der Waals surface area contributed by atoms with Crippen LogP contribution in [-0.2, 0) is 9.53 Å². The van der Waals surface area contributed by atoms with Gasteiger partial charge in [-0.2, -0.15) is 0 Å². The van der Waals surface area contributed by atoms with Gasteiger partial charge in [-0.15, -0.1) is 0 Å².